The normalized spacial score (nSPS) is 13.8. The molecule has 0 bridgehead atoms. The number of rotatable bonds is 7. The molecule has 0 aliphatic carbocycles. The van der Waals surface area contributed by atoms with Gasteiger partial charge in [0.2, 0.25) is 0 Å². The fourth-order valence-corrected chi connectivity index (χ4v) is 6.30. The third kappa shape index (κ3) is 5.18. The maximum Gasteiger partial charge on any atom is 0.369 e. The SMILES string of the molecule is CCOP(=O)(OCC)C(=Cc1cc(C(C)(C)C)c(O)c2ccccc12)P(=O)(O)O. The minimum atomic E-state index is -4.98. The van der Waals surface area contributed by atoms with Crippen LogP contribution in [0.25, 0.3) is 16.8 Å². The van der Waals surface area contributed by atoms with E-state index in [1.807, 2.05) is 20.8 Å². The number of benzene rings is 2. The predicted molar refractivity (Wildman–Crippen MR) is 115 cm³/mol. The lowest BCUT2D eigenvalue weighted by Gasteiger charge is -2.24. The van der Waals surface area contributed by atoms with E-state index >= 15 is 0 Å². The van der Waals surface area contributed by atoms with Gasteiger partial charge in [0.25, 0.3) is 0 Å². The van der Waals surface area contributed by atoms with Crippen molar-refractivity contribution in [1.82, 2.24) is 0 Å². The molecule has 0 amide bonds. The Kier molecular flexibility index (Phi) is 7.17. The first-order chi connectivity index (χ1) is 13.3. The van der Waals surface area contributed by atoms with Crippen molar-refractivity contribution in [1.29, 1.82) is 0 Å². The fraction of sp³-hybridized carbons (Fsp3) is 0.400. The quantitative estimate of drug-likeness (QED) is 0.479. The molecule has 29 heavy (non-hydrogen) atoms. The molecule has 7 nitrogen and oxygen atoms in total. The monoisotopic (exact) mass is 442 g/mol. The third-order valence-electron chi connectivity index (χ3n) is 4.32. The second-order valence-corrected chi connectivity index (χ2v) is 11.5. The van der Waals surface area contributed by atoms with Gasteiger partial charge in [-0.2, -0.15) is 0 Å². The lowest BCUT2D eigenvalue weighted by Crippen LogP contribution is -2.12. The average molecular weight is 442 g/mol. The van der Waals surface area contributed by atoms with Gasteiger partial charge in [-0.15, -0.1) is 0 Å². The molecule has 0 saturated heterocycles. The van der Waals surface area contributed by atoms with E-state index in [1.165, 1.54) is 6.08 Å². The highest BCUT2D eigenvalue weighted by molar-refractivity contribution is 7.78. The van der Waals surface area contributed by atoms with E-state index in [2.05, 4.69) is 0 Å². The number of phenols is 1. The molecule has 9 heteroatoms. The number of phenolic OH excluding ortho intramolecular Hbond substituents is 1. The Morgan fingerprint density at radius 2 is 1.55 bits per heavy atom. The van der Waals surface area contributed by atoms with Crippen LogP contribution in [0.1, 0.15) is 45.7 Å². The summed E-state index contributed by atoms with van der Waals surface area (Å²) in [6.45, 7) is 8.79. The molecule has 0 heterocycles. The molecule has 0 saturated carbocycles. The first-order valence-corrected chi connectivity index (χ1v) is 12.4. The molecule has 0 aliphatic rings. The summed E-state index contributed by atoms with van der Waals surface area (Å²) in [6.07, 6.45) is 1.17. The number of hydrogen-bond donors (Lipinski definition) is 3. The lowest BCUT2D eigenvalue weighted by atomic mass is 9.83. The summed E-state index contributed by atoms with van der Waals surface area (Å²) in [5.74, 6) is 0.0979. The van der Waals surface area contributed by atoms with E-state index in [4.69, 9.17) is 9.05 Å². The van der Waals surface area contributed by atoms with Gasteiger partial charge >= 0.3 is 15.2 Å². The number of hydrogen-bond acceptors (Lipinski definition) is 5. The zero-order chi connectivity index (χ0) is 22.0. The molecule has 160 valence electrons. The first-order valence-electron chi connectivity index (χ1n) is 9.27. The molecule has 0 aromatic heterocycles. The van der Waals surface area contributed by atoms with Crippen LogP contribution < -0.4 is 0 Å². The van der Waals surface area contributed by atoms with Crippen molar-refractivity contribution < 1.29 is 33.1 Å². The zero-order valence-corrected chi connectivity index (χ0v) is 19.0. The minimum absolute atomic E-state index is 0.0435. The van der Waals surface area contributed by atoms with E-state index in [0.29, 0.717) is 21.9 Å². The Hall–Kier alpha value is -1.46. The van der Waals surface area contributed by atoms with Gasteiger partial charge in [0.1, 0.15) is 5.75 Å². The van der Waals surface area contributed by atoms with Crippen molar-refractivity contribution in [2.75, 3.05) is 13.2 Å². The van der Waals surface area contributed by atoms with Crippen molar-refractivity contribution in [3.8, 4) is 5.75 Å². The summed E-state index contributed by atoms with van der Waals surface area (Å²) in [4.78, 5) is 19.9. The number of aromatic hydroxyl groups is 1. The molecule has 0 unspecified atom stereocenters. The van der Waals surface area contributed by atoms with E-state index in [1.54, 1.807) is 44.2 Å². The van der Waals surface area contributed by atoms with Crippen LogP contribution in [0.2, 0.25) is 0 Å². The van der Waals surface area contributed by atoms with Crippen LogP contribution in [0.3, 0.4) is 0 Å². The van der Waals surface area contributed by atoms with E-state index in [0.717, 1.165) is 0 Å². The topological polar surface area (TPSA) is 113 Å². The van der Waals surface area contributed by atoms with Crippen LogP contribution in [0.15, 0.2) is 35.4 Å². The van der Waals surface area contributed by atoms with Gasteiger partial charge in [0.05, 0.1) is 13.2 Å². The molecule has 2 aromatic carbocycles. The van der Waals surface area contributed by atoms with Crippen LogP contribution in [0.5, 0.6) is 5.75 Å². The highest BCUT2D eigenvalue weighted by Crippen LogP contribution is 2.70. The van der Waals surface area contributed by atoms with Gasteiger partial charge in [0, 0.05) is 10.9 Å². The second-order valence-electron chi connectivity index (χ2n) is 7.54. The summed E-state index contributed by atoms with van der Waals surface area (Å²) in [7, 11) is -9.21. The first kappa shape index (κ1) is 23.8. The van der Waals surface area contributed by atoms with Crippen LogP contribution in [-0.2, 0) is 23.6 Å². The van der Waals surface area contributed by atoms with Gasteiger partial charge in [-0.3, -0.25) is 9.13 Å². The number of fused-ring (bicyclic) bond motifs is 1. The molecule has 3 N–H and O–H groups in total. The van der Waals surface area contributed by atoms with E-state index in [9.17, 15) is 24.0 Å². The summed E-state index contributed by atoms with van der Waals surface area (Å²) >= 11 is 0. The van der Waals surface area contributed by atoms with Gasteiger partial charge in [-0.25, -0.2) is 0 Å². The van der Waals surface area contributed by atoms with Gasteiger partial charge in [-0.05, 0) is 42.4 Å². The summed E-state index contributed by atoms with van der Waals surface area (Å²) < 4.78 is 35.8. The Balaban J connectivity index is 2.92. The summed E-state index contributed by atoms with van der Waals surface area (Å²) in [5.41, 5.74) is 0.555. The minimum Gasteiger partial charge on any atom is -0.507 e. The Morgan fingerprint density at radius 1 is 1.03 bits per heavy atom. The van der Waals surface area contributed by atoms with Gasteiger partial charge < -0.3 is 23.9 Å². The van der Waals surface area contributed by atoms with Crippen LogP contribution in [-0.4, -0.2) is 28.1 Å². The smallest absolute Gasteiger partial charge is 0.369 e. The fourth-order valence-electron chi connectivity index (χ4n) is 3.05. The van der Waals surface area contributed by atoms with Gasteiger partial charge in [-0.1, -0.05) is 45.0 Å². The van der Waals surface area contributed by atoms with Crippen molar-refractivity contribution >= 4 is 32.0 Å². The molecular formula is C20H28O7P2. The Labute approximate surface area is 171 Å². The maximum absolute atomic E-state index is 13.2. The predicted octanol–water partition coefficient (Wildman–Crippen LogP) is 5.59. The summed E-state index contributed by atoms with van der Waals surface area (Å²) in [6, 6.07) is 8.60. The van der Waals surface area contributed by atoms with Crippen molar-refractivity contribution in [3.63, 3.8) is 0 Å². The van der Waals surface area contributed by atoms with Gasteiger partial charge in [0.15, 0.2) is 5.06 Å². The van der Waals surface area contributed by atoms with E-state index < -0.39 is 25.7 Å². The molecule has 2 rings (SSSR count). The third-order valence-corrected chi connectivity index (χ3v) is 8.45. The largest absolute Gasteiger partial charge is 0.507 e. The Bertz CT molecular complexity index is 1010. The van der Waals surface area contributed by atoms with Crippen LogP contribution in [0.4, 0.5) is 0 Å². The highest BCUT2D eigenvalue weighted by Gasteiger charge is 2.41. The molecule has 0 spiro atoms. The zero-order valence-electron chi connectivity index (χ0n) is 17.2. The van der Waals surface area contributed by atoms with Crippen LogP contribution >= 0.6 is 15.2 Å². The summed E-state index contributed by atoms with van der Waals surface area (Å²) in [5, 5.41) is 11.1. The standard InChI is InChI=1S/C20H28O7P2/c1-6-26-29(25,27-7-2)18(28(22,23)24)13-14-12-17(20(3,4)5)19(21)16-11-9-8-10-15(14)16/h8-13,21H,6-7H2,1-5H3,(H2,22,23,24). The molecule has 0 atom stereocenters. The molecule has 0 radical (unpaired) electrons. The molecule has 2 aromatic rings. The van der Waals surface area contributed by atoms with Crippen LogP contribution in [0, 0.1) is 0 Å². The van der Waals surface area contributed by atoms with Crippen molar-refractivity contribution in [2.24, 2.45) is 0 Å². The molecule has 0 aliphatic heterocycles. The lowest BCUT2D eigenvalue weighted by molar-refractivity contribution is 0.227. The average Bonchev–Trinajstić information content (AvgIpc) is 2.59. The Morgan fingerprint density at radius 3 is 2.00 bits per heavy atom. The molecular weight excluding hydrogens is 414 g/mol. The van der Waals surface area contributed by atoms with Crippen molar-refractivity contribution in [3.05, 3.63) is 46.5 Å². The molecule has 0 fully saturated rings. The highest BCUT2D eigenvalue weighted by atomic mass is 31.2. The van der Waals surface area contributed by atoms with Crippen molar-refractivity contribution in [2.45, 2.75) is 40.0 Å². The maximum atomic E-state index is 13.2. The second kappa shape index (κ2) is 8.73. The van der Waals surface area contributed by atoms with E-state index in [-0.39, 0.29) is 19.0 Å².